The van der Waals surface area contributed by atoms with Crippen molar-refractivity contribution in [3.8, 4) is 17.2 Å². The molecule has 1 N–H and O–H groups in total. The van der Waals surface area contributed by atoms with Gasteiger partial charge in [0, 0.05) is 24.2 Å². The number of hydrogen-bond acceptors (Lipinski definition) is 4. The van der Waals surface area contributed by atoms with Gasteiger partial charge in [0.25, 0.3) is 0 Å². The van der Waals surface area contributed by atoms with E-state index in [1.54, 1.807) is 33.5 Å². The molecule has 0 spiro atoms. The highest BCUT2D eigenvalue weighted by Gasteiger charge is 2.14. The van der Waals surface area contributed by atoms with Crippen LogP contribution in [0.3, 0.4) is 0 Å². The van der Waals surface area contributed by atoms with E-state index in [0.717, 1.165) is 12.8 Å². The van der Waals surface area contributed by atoms with Crippen LogP contribution in [0.15, 0.2) is 12.1 Å². The summed E-state index contributed by atoms with van der Waals surface area (Å²) in [5.41, 5.74) is 0.653. The second kappa shape index (κ2) is 13.3. The Morgan fingerprint density at radius 3 is 1.77 bits per heavy atom. The standard InChI is InChI=1S/C21H35NO4/c1-5-6-7-8-9-10-11-12-13-14-20(23)22-17-15-18(24-2)21(26-4)19(16-17)25-3/h15-16H,5-14H2,1-4H3,(H,22,23). The molecule has 1 aromatic rings. The van der Waals surface area contributed by atoms with E-state index in [0.29, 0.717) is 29.4 Å². The van der Waals surface area contributed by atoms with Crippen molar-refractivity contribution >= 4 is 11.6 Å². The summed E-state index contributed by atoms with van der Waals surface area (Å²) in [6.07, 6.45) is 11.7. The van der Waals surface area contributed by atoms with Gasteiger partial charge in [-0.3, -0.25) is 4.79 Å². The van der Waals surface area contributed by atoms with Gasteiger partial charge in [-0.05, 0) is 6.42 Å². The Labute approximate surface area is 158 Å². The Bertz CT molecular complexity index is 506. The van der Waals surface area contributed by atoms with Gasteiger partial charge in [0.05, 0.1) is 21.3 Å². The number of unbranched alkanes of at least 4 members (excludes halogenated alkanes) is 8. The van der Waals surface area contributed by atoms with Crippen molar-refractivity contribution in [2.24, 2.45) is 0 Å². The predicted octanol–water partition coefficient (Wildman–Crippen LogP) is 5.57. The van der Waals surface area contributed by atoms with E-state index in [1.807, 2.05) is 0 Å². The molecular formula is C21H35NO4. The lowest BCUT2D eigenvalue weighted by molar-refractivity contribution is -0.116. The Kier molecular flexibility index (Phi) is 11.3. The fraction of sp³-hybridized carbons (Fsp3) is 0.667. The molecule has 0 radical (unpaired) electrons. The van der Waals surface area contributed by atoms with Crippen LogP contribution in [-0.4, -0.2) is 27.2 Å². The number of nitrogens with one attached hydrogen (secondary N) is 1. The number of ether oxygens (including phenoxy) is 3. The third-order valence-corrected chi connectivity index (χ3v) is 4.46. The molecule has 1 aromatic carbocycles. The fourth-order valence-electron chi connectivity index (χ4n) is 2.97. The second-order valence-corrected chi connectivity index (χ2v) is 6.54. The predicted molar refractivity (Wildman–Crippen MR) is 107 cm³/mol. The monoisotopic (exact) mass is 365 g/mol. The van der Waals surface area contributed by atoms with Crippen LogP contribution in [0.1, 0.15) is 71.1 Å². The van der Waals surface area contributed by atoms with Crippen molar-refractivity contribution in [3.05, 3.63) is 12.1 Å². The van der Waals surface area contributed by atoms with Crippen LogP contribution in [0.2, 0.25) is 0 Å². The van der Waals surface area contributed by atoms with Crippen LogP contribution in [-0.2, 0) is 4.79 Å². The van der Waals surface area contributed by atoms with Crippen molar-refractivity contribution in [1.82, 2.24) is 0 Å². The molecule has 0 aromatic heterocycles. The van der Waals surface area contributed by atoms with Crippen molar-refractivity contribution in [2.75, 3.05) is 26.6 Å². The zero-order valence-corrected chi connectivity index (χ0v) is 16.9. The zero-order valence-electron chi connectivity index (χ0n) is 16.9. The van der Waals surface area contributed by atoms with Crippen LogP contribution in [0, 0.1) is 0 Å². The highest BCUT2D eigenvalue weighted by molar-refractivity contribution is 5.91. The van der Waals surface area contributed by atoms with Crippen LogP contribution in [0.25, 0.3) is 0 Å². The number of benzene rings is 1. The second-order valence-electron chi connectivity index (χ2n) is 6.54. The Hall–Kier alpha value is -1.91. The van der Waals surface area contributed by atoms with E-state index >= 15 is 0 Å². The van der Waals surface area contributed by atoms with E-state index in [4.69, 9.17) is 14.2 Å². The molecule has 1 rings (SSSR count). The number of rotatable bonds is 14. The smallest absolute Gasteiger partial charge is 0.224 e. The van der Waals surface area contributed by atoms with E-state index in [-0.39, 0.29) is 5.91 Å². The molecule has 0 aliphatic carbocycles. The van der Waals surface area contributed by atoms with Crippen LogP contribution in [0.4, 0.5) is 5.69 Å². The normalized spacial score (nSPS) is 10.5. The van der Waals surface area contributed by atoms with Crippen molar-refractivity contribution in [1.29, 1.82) is 0 Å². The SMILES string of the molecule is CCCCCCCCCCCC(=O)Nc1cc(OC)c(OC)c(OC)c1. The summed E-state index contributed by atoms with van der Waals surface area (Å²) in [6, 6.07) is 3.49. The van der Waals surface area contributed by atoms with Gasteiger partial charge < -0.3 is 19.5 Å². The minimum Gasteiger partial charge on any atom is -0.493 e. The third-order valence-electron chi connectivity index (χ3n) is 4.46. The lowest BCUT2D eigenvalue weighted by Gasteiger charge is -2.14. The van der Waals surface area contributed by atoms with E-state index in [1.165, 1.54) is 44.9 Å². The maximum absolute atomic E-state index is 12.1. The first-order chi connectivity index (χ1) is 12.7. The van der Waals surface area contributed by atoms with E-state index < -0.39 is 0 Å². The molecule has 0 aliphatic rings. The molecule has 0 saturated heterocycles. The maximum atomic E-state index is 12.1. The van der Waals surface area contributed by atoms with Crippen molar-refractivity contribution in [2.45, 2.75) is 71.1 Å². The molecule has 26 heavy (non-hydrogen) atoms. The maximum Gasteiger partial charge on any atom is 0.224 e. The molecule has 148 valence electrons. The topological polar surface area (TPSA) is 56.8 Å². The minimum absolute atomic E-state index is 0.0159. The third kappa shape index (κ3) is 7.98. The molecule has 0 aliphatic heterocycles. The number of carbonyl (C=O) groups is 1. The number of hydrogen-bond donors (Lipinski definition) is 1. The van der Waals surface area contributed by atoms with Gasteiger partial charge >= 0.3 is 0 Å². The highest BCUT2D eigenvalue weighted by atomic mass is 16.5. The molecule has 0 heterocycles. The summed E-state index contributed by atoms with van der Waals surface area (Å²) in [7, 11) is 4.68. The first-order valence-corrected chi connectivity index (χ1v) is 9.76. The van der Waals surface area contributed by atoms with Gasteiger partial charge in [-0.1, -0.05) is 58.3 Å². The summed E-state index contributed by atoms with van der Waals surface area (Å²) in [5, 5.41) is 2.91. The van der Waals surface area contributed by atoms with Gasteiger partial charge in [-0.2, -0.15) is 0 Å². The van der Waals surface area contributed by atoms with E-state index in [2.05, 4.69) is 12.2 Å². The number of carbonyl (C=O) groups excluding carboxylic acids is 1. The highest BCUT2D eigenvalue weighted by Crippen LogP contribution is 2.39. The number of amides is 1. The first kappa shape index (κ1) is 22.1. The summed E-state index contributed by atoms with van der Waals surface area (Å²) in [5.74, 6) is 1.60. The van der Waals surface area contributed by atoms with Crippen molar-refractivity contribution < 1.29 is 19.0 Å². The molecule has 0 unspecified atom stereocenters. The van der Waals surface area contributed by atoms with Gasteiger partial charge in [0.15, 0.2) is 11.5 Å². The lowest BCUT2D eigenvalue weighted by Crippen LogP contribution is -2.11. The molecule has 0 saturated carbocycles. The summed E-state index contributed by atoms with van der Waals surface area (Å²) in [6.45, 7) is 2.24. The van der Waals surface area contributed by atoms with Crippen LogP contribution in [0.5, 0.6) is 17.2 Å². The summed E-state index contributed by atoms with van der Waals surface area (Å²) < 4.78 is 15.9. The number of methoxy groups -OCH3 is 3. The van der Waals surface area contributed by atoms with Gasteiger partial charge in [-0.15, -0.1) is 0 Å². The lowest BCUT2D eigenvalue weighted by atomic mass is 10.1. The molecule has 0 atom stereocenters. The van der Waals surface area contributed by atoms with Gasteiger partial charge in [0.2, 0.25) is 11.7 Å². The van der Waals surface area contributed by atoms with Crippen molar-refractivity contribution in [3.63, 3.8) is 0 Å². The van der Waals surface area contributed by atoms with E-state index in [9.17, 15) is 4.79 Å². The Balaban J connectivity index is 2.33. The molecular weight excluding hydrogens is 330 g/mol. The summed E-state index contributed by atoms with van der Waals surface area (Å²) in [4.78, 5) is 12.1. The van der Waals surface area contributed by atoms with Crippen LogP contribution >= 0.6 is 0 Å². The molecule has 1 amide bonds. The molecule has 0 fully saturated rings. The van der Waals surface area contributed by atoms with Gasteiger partial charge in [-0.25, -0.2) is 0 Å². The summed E-state index contributed by atoms with van der Waals surface area (Å²) >= 11 is 0. The molecule has 0 bridgehead atoms. The average molecular weight is 366 g/mol. The molecule has 5 nitrogen and oxygen atoms in total. The number of anilines is 1. The van der Waals surface area contributed by atoms with Gasteiger partial charge in [0.1, 0.15) is 0 Å². The largest absolute Gasteiger partial charge is 0.493 e. The molecule has 5 heteroatoms. The zero-order chi connectivity index (χ0) is 19.2. The average Bonchev–Trinajstić information content (AvgIpc) is 2.65. The quantitative estimate of drug-likeness (QED) is 0.438. The first-order valence-electron chi connectivity index (χ1n) is 9.76. The Morgan fingerprint density at radius 1 is 0.808 bits per heavy atom. The Morgan fingerprint density at radius 2 is 1.31 bits per heavy atom. The fourth-order valence-corrected chi connectivity index (χ4v) is 2.97. The minimum atomic E-state index is 0.0159. The van der Waals surface area contributed by atoms with Crippen LogP contribution < -0.4 is 19.5 Å².